The zero-order chi connectivity index (χ0) is 13.8. The number of methoxy groups -OCH3 is 1. The summed E-state index contributed by atoms with van der Waals surface area (Å²) in [6.07, 6.45) is 6.88. The van der Waals surface area contributed by atoms with Crippen molar-refractivity contribution < 1.29 is 4.74 Å². The molecule has 96 valence electrons. The molecule has 0 spiro atoms. The molecule has 1 heterocycles. The van der Waals surface area contributed by atoms with Gasteiger partial charge in [0.2, 0.25) is 11.8 Å². The van der Waals surface area contributed by atoms with Crippen molar-refractivity contribution in [3.63, 3.8) is 0 Å². The lowest BCUT2D eigenvalue weighted by atomic mass is 10.1. The standard InChI is InChI=1S/C14H12ClN3O/c1-4-10-5-9(2)6-11(7-10)17-14-16-8-12(15)13(18-14)19-3/h1,5-8H,2-3H3,(H,16,17,18). The Balaban J connectivity index is 2.31. The Morgan fingerprint density at radius 2 is 2.16 bits per heavy atom. The summed E-state index contributed by atoms with van der Waals surface area (Å²) in [6.45, 7) is 1.97. The molecule has 5 heteroatoms. The van der Waals surface area contributed by atoms with Crippen LogP contribution in [0.3, 0.4) is 0 Å². The van der Waals surface area contributed by atoms with Crippen LogP contribution in [0.2, 0.25) is 5.02 Å². The molecular weight excluding hydrogens is 262 g/mol. The Morgan fingerprint density at radius 3 is 2.84 bits per heavy atom. The van der Waals surface area contributed by atoms with Gasteiger partial charge >= 0.3 is 0 Å². The fraction of sp³-hybridized carbons (Fsp3) is 0.143. The molecule has 0 bridgehead atoms. The molecule has 0 aliphatic heterocycles. The molecule has 19 heavy (non-hydrogen) atoms. The number of ether oxygens (including phenoxy) is 1. The molecule has 0 saturated carbocycles. The average Bonchev–Trinajstić information content (AvgIpc) is 2.40. The maximum absolute atomic E-state index is 5.87. The summed E-state index contributed by atoms with van der Waals surface area (Å²) in [5, 5.41) is 3.43. The number of benzene rings is 1. The zero-order valence-corrected chi connectivity index (χ0v) is 11.3. The van der Waals surface area contributed by atoms with Crippen LogP contribution >= 0.6 is 11.6 Å². The van der Waals surface area contributed by atoms with E-state index in [1.165, 1.54) is 13.3 Å². The van der Waals surface area contributed by atoms with E-state index < -0.39 is 0 Å². The molecule has 0 radical (unpaired) electrons. The number of terminal acetylenes is 1. The Bertz CT molecular complexity index is 650. The molecule has 1 aromatic heterocycles. The van der Waals surface area contributed by atoms with Crippen LogP contribution in [0.4, 0.5) is 11.6 Å². The molecule has 0 unspecified atom stereocenters. The summed E-state index contributed by atoms with van der Waals surface area (Å²) < 4.78 is 5.04. The van der Waals surface area contributed by atoms with E-state index in [-0.39, 0.29) is 0 Å². The van der Waals surface area contributed by atoms with Crippen LogP contribution in [0.15, 0.2) is 24.4 Å². The predicted molar refractivity (Wildman–Crippen MR) is 76.0 cm³/mol. The highest BCUT2D eigenvalue weighted by atomic mass is 35.5. The van der Waals surface area contributed by atoms with Crippen LogP contribution in [-0.2, 0) is 0 Å². The molecule has 0 atom stereocenters. The van der Waals surface area contributed by atoms with Crippen molar-refractivity contribution in [1.82, 2.24) is 9.97 Å². The van der Waals surface area contributed by atoms with E-state index in [2.05, 4.69) is 21.2 Å². The van der Waals surface area contributed by atoms with Crippen LogP contribution in [-0.4, -0.2) is 17.1 Å². The maximum atomic E-state index is 5.87. The third kappa shape index (κ3) is 3.15. The molecule has 0 saturated heterocycles. The number of halogens is 1. The number of rotatable bonds is 3. The molecule has 0 aliphatic carbocycles. The molecule has 2 rings (SSSR count). The van der Waals surface area contributed by atoms with E-state index in [0.717, 1.165) is 16.8 Å². The first-order chi connectivity index (χ1) is 9.12. The van der Waals surface area contributed by atoms with Gasteiger partial charge in [-0.3, -0.25) is 0 Å². The SMILES string of the molecule is C#Cc1cc(C)cc(Nc2ncc(Cl)c(OC)n2)c1. The maximum Gasteiger partial charge on any atom is 0.237 e. The first-order valence-corrected chi connectivity index (χ1v) is 5.92. The van der Waals surface area contributed by atoms with Gasteiger partial charge in [0.1, 0.15) is 5.02 Å². The highest BCUT2D eigenvalue weighted by molar-refractivity contribution is 6.31. The molecule has 4 nitrogen and oxygen atoms in total. The van der Waals surface area contributed by atoms with Gasteiger partial charge in [-0.05, 0) is 30.7 Å². The normalized spacial score (nSPS) is 9.79. The van der Waals surface area contributed by atoms with Gasteiger partial charge in [-0.1, -0.05) is 17.5 Å². The van der Waals surface area contributed by atoms with E-state index >= 15 is 0 Å². The summed E-state index contributed by atoms with van der Waals surface area (Å²) in [4.78, 5) is 8.22. The summed E-state index contributed by atoms with van der Waals surface area (Å²) >= 11 is 5.87. The van der Waals surface area contributed by atoms with Gasteiger partial charge in [0.05, 0.1) is 13.3 Å². The summed E-state index contributed by atoms with van der Waals surface area (Å²) in [5.41, 5.74) is 2.67. The van der Waals surface area contributed by atoms with Crippen molar-refractivity contribution in [2.45, 2.75) is 6.92 Å². The molecule has 0 aliphatic rings. The van der Waals surface area contributed by atoms with Crippen LogP contribution in [0.1, 0.15) is 11.1 Å². The van der Waals surface area contributed by atoms with E-state index in [0.29, 0.717) is 16.9 Å². The monoisotopic (exact) mass is 273 g/mol. The smallest absolute Gasteiger partial charge is 0.237 e. The largest absolute Gasteiger partial charge is 0.480 e. The second-order valence-corrected chi connectivity index (χ2v) is 4.32. The fourth-order valence-electron chi connectivity index (χ4n) is 1.62. The number of aromatic nitrogens is 2. The number of hydrogen-bond acceptors (Lipinski definition) is 4. The topological polar surface area (TPSA) is 47.0 Å². The average molecular weight is 274 g/mol. The Hall–Kier alpha value is -2.25. The predicted octanol–water partition coefficient (Wildman–Crippen LogP) is 3.17. The van der Waals surface area contributed by atoms with Crippen LogP contribution in [0, 0.1) is 19.3 Å². The Morgan fingerprint density at radius 1 is 1.37 bits per heavy atom. The molecule has 2 aromatic rings. The van der Waals surface area contributed by atoms with Crippen molar-refractivity contribution in [3.05, 3.63) is 40.5 Å². The van der Waals surface area contributed by atoms with Gasteiger partial charge in [0.25, 0.3) is 0 Å². The minimum Gasteiger partial charge on any atom is -0.480 e. The van der Waals surface area contributed by atoms with Gasteiger partial charge in [-0.2, -0.15) is 4.98 Å². The van der Waals surface area contributed by atoms with Crippen molar-refractivity contribution in [2.24, 2.45) is 0 Å². The lowest BCUT2D eigenvalue weighted by molar-refractivity contribution is 0.398. The van der Waals surface area contributed by atoms with Gasteiger partial charge in [-0.25, -0.2) is 4.98 Å². The van der Waals surface area contributed by atoms with Crippen molar-refractivity contribution in [3.8, 4) is 18.2 Å². The summed E-state index contributed by atoms with van der Waals surface area (Å²) in [6, 6.07) is 5.72. The first-order valence-electron chi connectivity index (χ1n) is 5.54. The minimum atomic E-state index is 0.323. The minimum absolute atomic E-state index is 0.323. The first kappa shape index (κ1) is 13.2. The molecule has 1 aromatic carbocycles. The number of nitrogens with one attached hydrogen (secondary N) is 1. The van der Waals surface area contributed by atoms with Crippen molar-refractivity contribution in [2.75, 3.05) is 12.4 Å². The molecular formula is C14H12ClN3O. The number of nitrogens with zero attached hydrogens (tertiary/aromatic N) is 2. The van der Waals surface area contributed by atoms with Gasteiger partial charge in [0, 0.05) is 11.3 Å². The highest BCUT2D eigenvalue weighted by Gasteiger charge is 2.06. The summed E-state index contributed by atoms with van der Waals surface area (Å²) in [7, 11) is 1.50. The summed E-state index contributed by atoms with van der Waals surface area (Å²) in [5.74, 6) is 3.32. The van der Waals surface area contributed by atoms with Gasteiger partial charge in [-0.15, -0.1) is 6.42 Å². The van der Waals surface area contributed by atoms with Crippen LogP contribution < -0.4 is 10.1 Å². The number of aryl methyl sites for hydroxylation is 1. The quantitative estimate of drug-likeness (QED) is 0.873. The fourth-order valence-corrected chi connectivity index (χ4v) is 1.79. The highest BCUT2D eigenvalue weighted by Crippen LogP contribution is 2.23. The number of anilines is 2. The third-order valence-electron chi connectivity index (χ3n) is 2.41. The van der Waals surface area contributed by atoms with E-state index in [4.69, 9.17) is 22.8 Å². The Kier molecular flexibility index (Phi) is 3.88. The lowest BCUT2D eigenvalue weighted by Gasteiger charge is -2.08. The molecule has 1 N–H and O–H groups in total. The van der Waals surface area contributed by atoms with Crippen molar-refractivity contribution >= 4 is 23.2 Å². The number of hydrogen-bond donors (Lipinski definition) is 1. The third-order valence-corrected chi connectivity index (χ3v) is 2.66. The van der Waals surface area contributed by atoms with Gasteiger partial charge < -0.3 is 10.1 Å². The van der Waals surface area contributed by atoms with Gasteiger partial charge in [0.15, 0.2) is 0 Å². The van der Waals surface area contributed by atoms with E-state index in [1.807, 2.05) is 25.1 Å². The zero-order valence-electron chi connectivity index (χ0n) is 10.6. The van der Waals surface area contributed by atoms with Crippen LogP contribution in [0.25, 0.3) is 0 Å². The molecule has 0 fully saturated rings. The van der Waals surface area contributed by atoms with Crippen LogP contribution in [0.5, 0.6) is 5.88 Å². The molecule has 0 amide bonds. The lowest BCUT2D eigenvalue weighted by Crippen LogP contribution is -1.99. The second kappa shape index (κ2) is 5.59. The second-order valence-electron chi connectivity index (χ2n) is 3.91. The van der Waals surface area contributed by atoms with Crippen molar-refractivity contribution in [1.29, 1.82) is 0 Å². The van der Waals surface area contributed by atoms with E-state index in [9.17, 15) is 0 Å². The van der Waals surface area contributed by atoms with E-state index in [1.54, 1.807) is 0 Å². The Labute approximate surface area is 116 Å².